The van der Waals surface area contributed by atoms with Gasteiger partial charge in [-0.25, -0.2) is 0 Å². The Hall–Kier alpha value is -1.18. The minimum Gasteiger partial charge on any atom is -0.303 e. The lowest BCUT2D eigenvalue weighted by Gasteiger charge is -2.02. The maximum absolute atomic E-state index is 10.4. The molecule has 0 amide bonds. The molecule has 2 nitrogen and oxygen atoms in total. The molecule has 0 fully saturated rings. The Balaban J connectivity index is 2.95. The van der Waals surface area contributed by atoms with Crippen molar-refractivity contribution in [2.45, 2.75) is 19.8 Å². The van der Waals surface area contributed by atoms with E-state index in [2.05, 4.69) is 4.98 Å². The van der Waals surface area contributed by atoms with Crippen molar-refractivity contribution in [1.82, 2.24) is 4.98 Å². The predicted molar refractivity (Wildman–Crippen MR) is 43.5 cm³/mol. The number of hydrogen-bond donors (Lipinski definition) is 0. The van der Waals surface area contributed by atoms with E-state index in [4.69, 9.17) is 0 Å². The maximum Gasteiger partial charge on any atom is 0.127 e. The number of nitrogens with zero attached hydrogens (tertiary/aromatic N) is 1. The number of aryl methyl sites for hydroxylation is 1. The Bertz CT molecular complexity index is 257. The van der Waals surface area contributed by atoms with Crippen LogP contribution in [0, 0.1) is 6.92 Å². The predicted octanol–water partition coefficient (Wildman–Crippen LogP) is 1.69. The summed E-state index contributed by atoms with van der Waals surface area (Å²) in [6.07, 6.45) is 2.67. The lowest BCUT2D eigenvalue weighted by molar-refractivity contribution is -0.108. The largest absolute Gasteiger partial charge is 0.303 e. The summed E-state index contributed by atoms with van der Waals surface area (Å²) in [4.78, 5) is 14.4. The van der Waals surface area contributed by atoms with E-state index in [1.165, 1.54) is 0 Å². The third kappa shape index (κ3) is 1.87. The van der Waals surface area contributed by atoms with E-state index in [-0.39, 0.29) is 5.92 Å². The molecular formula is C9H11NO. The molecule has 0 bridgehead atoms. The van der Waals surface area contributed by atoms with Crippen LogP contribution in [0.1, 0.15) is 24.1 Å². The SMILES string of the molecule is Cc1cc(C(C)C=O)ccn1. The molecule has 1 unspecified atom stereocenters. The van der Waals surface area contributed by atoms with Crippen molar-refractivity contribution in [2.75, 3.05) is 0 Å². The standard InChI is InChI=1S/C9H11NO/c1-7(6-11)9-3-4-10-8(2)5-9/h3-7H,1-2H3. The van der Waals surface area contributed by atoms with Gasteiger partial charge in [0, 0.05) is 17.8 Å². The van der Waals surface area contributed by atoms with Crippen molar-refractivity contribution < 1.29 is 4.79 Å². The third-order valence-corrected chi connectivity index (χ3v) is 1.65. The van der Waals surface area contributed by atoms with Crippen molar-refractivity contribution in [3.8, 4) is 0 Å². The topological polar surface area (TPSA) is 30.0 Å². The van der Waals surface area contributed by atoms with Gasteiger partial charge in [-0.3, -0.25) is 4.98 Å². The summed E-state index contributed by atoms with van der Waals surface area (Å²) in [6.45, 7) is 3.79. The summed E-state index contributed by atoms with van der Waals surface area (Å²) in [7, 11) is 0. The van der Waals surface area contributed by atoms with Crippen LogP contribution in [0.25, 0.3) is 0 Å². The fourth-order valence-electron chi connectivity index (χ4n) is 0.929. The van der Waals surface area contributed by atoms with E-state index in [1.807, 2.05) is 26.0 Å². The summed E-state index contributed by atoms with van der Waals surface area (Å²) < 4.78 is 0. The number of pyridine rings is 1. The minimum absolute atomic E-state index is 0.0169. The van der Waals surface area contributed by atoms with Crippen LogP contribution in [-0.4, -0.2) is 11.3 Å². The van der Waals surface area contributed by atoms with Crippen LogP contribution >= 0.6 is 0 Å². The van der Waals surface area contributed by atoms with Crippen LogP contribution in [-0.2, 0) is 4.79 Å². The van der Waals surface area contributed by atoms with Crippen molar-refractivity contribution in [3.05, 3.63) is 29.6 Å². The van der Waals surface area contributed by atoms with Crippen LogP contribution in [0.4, 0.5) is 0 Å². The summed E-state index contributed by atoms with van der Waals surface area (Å²) in [6, 6.07) is 3.80. The van der Waals surface area contributed by atoms with Gasteiger partial charge >= 0.3 is 0 Å². The highest BCUT2D eigenvalue weighted by atomic mass is 16.1. The second kappa shape index (κ2) is 3.28. The van der Waals surface area contributed by atoms with E-state index in [0.29, 0.717) is 0 Å². The van der Waals surface area contributed by atoms with Crippen LogP contribution in [0.5, 0.6) is 0 Å². The number of aromatic nitrogens is 1. The third-order valence-electron chi connectivity index (χ3n) is 1.65. The highest BCUT2D eigenvalue weighted by molar-refractivity contribution is 5.61. The Kier molecular flexibility index (Phi) is 2.36. The molecule has 1 atom stereocenters. The molecule has 0 saturated carbocycles. The molecule has 0 saturated heterocycles. The van der Waals surface area contributed by atoms with Crippen molar-refractivity contribution in [3.63, 3.8) is 0 Å². The molecule has 0 aliphatic heterocycles. The molecular weight excluding hydrogens is 138 g/mol. The second-order valence-electron chi connectivity index (χ2n) is 2.66. The molecule has 0 N–H and O–H groups in total. The first kappa shape index (κ1) is 7.92. The van der Waals surface area contributed by atoms with Gasteiger partial charge in [-0.05, 0) is 24.6 Å². The number of hydrogen-bond acceptors (Lipinski definition) is 2. The molecule has 0 aromatic carbocycles. The van der Waals surface area contributed by atoms with Gasteiger partial charge in [0.15, 0.2) is 0 Å². The highest BCUT2D eigenvalue weighted by Crippen LogP contribution is 2.11. The van der Waals surface area contributed by atoms with Crippen LogP contribution in [0.15, 0.2) is 18.3 Å². The molecule has 1 aromatic heterocycles. The molecule has 0 radical (unpaired) electrons. The van der Waals surface area contributed by atoms with Crippen molar-refractivity contribution in [1.29, 1.82) is 0 Å². The van der Waals surface area contributed by atoms with Gasteiger partial charge in [0.05, 0.1) is 0 Å². The Labute approximate surface area is 66.3 Å². The average molecular weight is 149 g/mol. The van der Waals surface area contributed by atoms with Crippen LogP contribution < -0.4 is 0 Å². The highest BCUT2D eigenvalue weighted by Gasteiger charge is 2.02. The Morgan fingerprint density at radius 3 is 2.91 bits per heavy atom. The van der Waals surface area contributed by atoms with E-state index in [9.17, 15) is 4.79 Å². The average Bonchev–Trinajstić information content (AvgIpc) is 2.03. The first-order chi connectivity index (χ1) is 5.24. The fourth-order valence-corrected chi connectivity index (χ4v) is 0.929. The molecule has 0 aliphatic rings. The van der Waals surface area contributed by atoms with Gasteiger partial charge < -0.3 is 4.79 Å². The minimum atomic E-state index is -0.0169. The molecule has 0 spiro atoms. The Morgan fingerprint density at radius 1 is 1.64 bits per heavy atom. The molecule has 0 aliphatic carbocycles. The molecule has 58 valence electrons. The van der Waals surface area contributed by atoms with Gasteiger partial charge in [0.2, 0.25) is 0 Å². The van der Waals surface area contributed by atoms with E-state index in [1.54, 1.807) is 6.20 Å². The summed E-state index contributed by atoms with van der Waals surface area (Å²) in [5.74, 6) is -0.0169. The summed E-state index contributed by atoms with van der Waals surface area (Å²) in [5, 5.41) is 0. The zero-order valence-corrected chi connectivity index (χ0v) is 6.74. The Morgan fingerprint density at radius 2 is 2.36 bits per heavy atom. The molecule has 2 heteroatoms. The van der Waals surface area contributed by atoms with Crippen molar-refractivity contribution >= 4 is 6.29 Å². The number of aldehydes is 1. The van der Waals surface area contributed by atoms with E-state index in [0.717, 1.165) is 17.5 Å². The number of rotatable bonds is 2. The van der Waals surface area contributed by atoms with Gasteiger partial charge in [-0.15, -0.1) is 0 Å². The van der Waals surface area contributed by atoms with Gasteiger partial charge in [0.1, 0.15) is 6.29 Å². The van der Waals surface area contributed by atoms with E-state index >= 15 is 0 Å². The van der Waals surface area contributed by atoms with Crippen LogP contribution in [0.2, 0.25) is 0 Å². The molecule has 1 aromatic rings. The zero-order chi connectivity index (χ0) is 8.27. The summed E-state index contributed by atoms with van der Waals surface area (Å²) >= 11 is 0. The molecule has 1 heterocycles. The quantitative estimate of drug-likeness (QED) is 0.599. The van der Waals surface area contributed by atoms with Crippen LogP contribution in [0.3, 0.4) is 0 Å². The smallest absolute Gasteiger partial charge is 0.127 e. The maximum atomic E-state index is 10.4. The van der Waals surface area contributed by atoms with Gasteiger partial charge in [0.25, 0.3) is 0 Å². The van der Waals surface area contributed by atoms with Crippen molar-refractivity contribution in [2.24, 2.45) is 0 Å². The van der Waals surface area contributed by atoms with E-state index < -0.39 is 0 Å². The first-order valence-electron chi connectivity index (χ1n) is 3.62. The number of carbonyl (C=O) groups excluding carboxylic acids is 1. The monoisotopic (exact) mass is 149 g/mol. The number of carbonyl (C=O) groups is 1. The lowest BCUT2D eigenvalue weighted by atomic mass is 10.0. The normalized spacial score (nSPS) is 12.5. The fraction of sp³-hybridized carbons (Fsp3) is 0.333. The molecule has 11 heavy (non-hydrogen) atoms. The van der Waals surface area contributed by atoms with Gasteiger partial charge in [-0.1, -0.05) is 6.92 Å². The second-order valence-corrected chi connectivity index (χ2v) is 2.66. The summed E-state index contributed by atoms with van der Waals surface area (Å²) in [5.41, 5.74) is 1.99. The molecule has 1 rings (SSSR count). The van der Waals surface area contributed by atoms with Gasteiger partial charge in [-0.2, -0.15) is 0 Å². The zero-order valence-electron chi connectivity index (χ0n) is 6.74. The lowest BCUT2D eigenvalue weighted by Crippen LogP contribution is -1.95. The first-order valence-corrected chi connectivity index (χ1v) is 3.62.